The van der Waals surface area contributed by atoms with Crippen LogP contribution in [-0.4, -0.2) is 10.7 Å². The number of aliphatic hydroxyl groups is 1. The third-order valence-electron chi connectivity index (χ3n) is 4.32. The molecular weight excluding hydrogens is 244 g/mol. The number of hydrogen-bond acceptors (Lipinski definition) is 1. The van der Waals surface area contributed by atoms with E-state index in [4.69, 9.17) is 11.6 Å². The highest BCUT2D eigenvalue weighted by molar-refractivity contribution is 6.31. The van der Waals surface area contributed by atoms with Crippen LogP contribution in [0.2, 0.25) is 5.02 Å². The van der Waals surface area contributed by atoms with Crippen molar-refractivity contribution in [2.45, 2.75) is 51.6 Å². The van der Waals surface area contributed by atoms with Crippen molar-refractivity contribution in [2.75, 3.05) is 0 Å². The first-order valence-electron chi connectivity index (χ1n) is 6.99. The molecule has 0 aromatic heterocycles. The average Bonchev–Trinajstić information content (AvgIpc) is 2.32. The van der Waals surface area contributed by atoms with Crippen LogP contribution in [0.5, 0.6) is 0 Å². The van der Waals surface area contributed by atoms with E-state index in [1.165, 1.54) is 6.42 Å². The molecule has 1 fully saturated rings. The first kappa shape index (κ1) is 13.9. The molecule has 1 N–H and O–H groups in total. The van der Waals surface area contributed by atoms with Crippen LogP contribution in [0.15, 0.2) is 24.3 Å². The monoisotopic (exact) mass is 266 g/mol. The Labute approximate surface area is 115 Å². The van der Waals surface area contributed by atoms with Gasteiger partial charge in [0.15, 0.2) is 0 Å². The molecule has 2 atom stereocenters. The molecule has 0 aliphatic heterocycles. The van der Waals surface area contributed by atoms with Crippen molar-refractivity contribution in [1.82, 2.24) is 0 Å². The van der Waals surface area contributed by atoms with E-state index in [0.717, 1.165) is 29.8 Å². The summed E-state index contributed by atoms with van der Waals surface area (Å²) in [6, 6.07) is 7.88. The summed E-state index contributed by atoms with van der Waals surface area (Å²) < 4.78 is 0. The number of hydrogen-bond donors (Lipinski definition) is 1. The minimum Gasteiger partial charge on any atom is -0.389 e. The van der Waals surface area contributed by atoms with Gasteiger partial charge in [-0.25, -0.2) is 0 Å². The topological polar surface area (TPSA) is 20.2 Å². The standard InChI is InChI=1S/C16H23ClO/c1-12(2)14-8-5-6-10-16(14,18)11-13-7-3-4-9-15(13)17/h3-4,7,9,12,14,18H,5-6,8,10-11H2,1-2H3. The Balaban J connectivity index is 2.21. The Morgan fingerprint density at radius 2 is 2.06 bits per heavy atom. The fourth-order valence-electron chi connectivity index (χ4n) is 3.39. The molecule has 2 unspecified atom stereocenters. The Morgan fingerprint density at radius 1 is 1.33 bits per heavy atom. The van der Waals surface area contributed by atoms with Crippen molar-refractivity contribution in [3.05, 3.63) is 34.9 Å². The summed E-state index contributed by atoms with van der Waals surface area (Å²) >= 11 is 6.22. The molecule has 2 heteroatoms. The molecule has 1 aliphatic rings. The van der Waals surface area contributed by atoms with Gasteiger partial charge >= 0.3 is 0 Å². The highest BCUT2D eigenvalue weighted by Gasteiger charge is 2.40. The fraction of sp³-hybridized carbons (Fsp3) is 0.625. The molecule has 1 aromatic carbocycles. The summed E-state index contributed by atoms with van der Waals surface area (Å²) in [7, 11) is 0. The molecular formula is C16H23ClO. The van der Waals surface area contributed by atoms with Gasteiger partial charge in [-0.15, -0.1) is 0 Å². The Hall–Kier alpha value is -0.530. The lowest BCUT2D eigenvalue weighted by Gasteiger charge is -2.42. The van der Waals surface area contributed by atoms with Crippen LogP contribution in [0.3, 0.4) is 0 Å². The normalized spacial score (nSPS) is 28.6. The molecule has 18 heavy (non-hydrogen) atoms. The van der Waals surface area contributed by atoms with Crippen LogP contribution in [0.25, 0.3) is 0 Å². The van der Waals surface area contributed by atoms with E-state index in [1.54, 1.807) is 0 Å². The fourth-order valence-corrected chi connectivity index (χ4v) is 3.60. The zero-order chi connectivity index (χ0) is 13.2. The lowest BCUT2D eigenvalue weighted by molar-refractivity contribution is -0.0652. The molecule has 0 bridgehead atoms. The lowest BCUT2D eigenvalue weighted by atomic mass is 9.68. The summed E-state index contributed by atoms with van der Waals surface area (Å²) in [5.74, 6) is 0.917. The van der Waals surface area contributed by atoms with Crippen LogP contribution in [0.4, 0.5) is 0 Å². The number of halogens is 1. The maximum Gasteiger partial charge on any atom is 0.0718 e. The van der Waals surface area contributed by atoms with Crippen molar-refractivity contribution >= 4 is 11.6 Å². The predicted octanol–water partition coefficient (Wildman–Crippen LogP) is 4.46. The van der Waals surface area contributed by atoms with Gasteiger partial charge in [-0.05, 0) is 36.3 Å². The molecule has 1 aliphatic carbocycles. The van der Waals surface area contributed by atoms with Gasteiger partial charge in [0, 0.05) is 11.4 Å². The van der Waals surface area contributed by atoms with E-state index in [-0.39, 0.29) is 0 Å². The predicted molar refractivity (Wildman–Crippen MR) is 76.9 cm³/mol. The molecule has 2 rings (SSSR count). The summed E-state index contributed by atoms with van der Waals surface area (Å²) in [5.41, 5.74) is 0.506. The molecule has 0 heterocycles. The van der Waals surface area contributed by atoms with Gasteiger partial charge in [-0.2, -0.15) is 0 Å². The van der Waals surface area contributed by atoms with Gasteiger partial charge in [0.1, 0.15) is 0 Å². The minimum absolute atomic E-state index is 0.391. The first-order valence-corrected chi connectivity index (χ1v) is 7.36. The highest BCUT2D eigenvalue weighted by atomic mass is 35.5. The second-order valence-corrected chi connectivity index (χ2v) is 6.38. The van der Waals surface area contributed by atoms with Gasteiger partial charge in [0.2, 0.25) is 0 Å². The highest BCUT2D eigenvalue weighted by Crippen LogP contribution is 2.41. The van der Waals surface area contributed by atoms with Crippen LogP contribution >= 0.6 is 11.6 Å². The molecule has 1 aromatic rings. The van der Waals surface area contributed by atoms with Crippen molar-refractivity contribution in [2.24, 2.45) is 11.8 Å². The second kappa shape index (κ2) is 5.63. The van der Waals surface area contributed by atoms with Gasteiger partial charge in [-0.1, -0.05) is 56.5 Å². The van der Waals surface area contributed by atoms with E-state index in [0.29, 0.717) is 18.3 Å². The number of benzene rings is 1. The molecule has 1 nitrogen and oxygen atoms in total. The third-order valence-corrected chi connectivity index (χ3v) is 4.69. The summed E-state index contributed by atoms with van der Waals surface area (Å²) in [6.45, 7) is 4.43. The smallest absolute Gasteiger partial charge is 0.0718 e. The SMILES string of the molecule is CC(C)C1CCCCC1(O)Cc1ccccc1Cl. The number of rotatable bonds is 3. The van der Waals surface area contributed by atoms with Crippen LogP contribution in [0, 0.1) is 11.8 Å². The van der Waals surface area contributed by atoms with E-state index in [1.807, 2.05) is 24.3 Å². The van der Waals surface area contributed by atoms with E-state index >= 15 is 0 Å². The van der Waals surface area contributed by atoms with Gasteiger partial charge in [0.05, 0.1) is 5.60 Å². The first-order chi connectivity index (χ1) is 8.53. The van der Waals surface area contributed by atoms with Crippen LogP contribution < -0.4 is 0 Å². The zero-order valence-electron chi connectivity index (χ0n) is 11.3. The molecule has 0 radical (unpaired) electrons. The van der Waals surface area contributed by atoms with Crippen molar-refractivity contribution in [3.8, 4) is 0 Å². The van der Waals surface area contributed by atoms with Crippen LogP contribution in [0.1, 0.15) is 45.1 Å². The summed E-state index contributed by atoms with van der Waals surface area (Å²) in [6.07, 6.45) is 5.10. The largest absolute Gasteiger partial charge is 0.389 e. The van der Waals surface area contributed by atoms with Crippen molar-refractivity contribution in [1.29, 1.82) is 0 Å². The van der Waals surface area contributed by atoms with Crippen molar-refractivity contribution in [3.63, 3.8) is 0 Å². The lowest BCUT2D eigenvalue weighted by Crippen LogP contribution is -2.45. The summed E-state index contributed by atoms with van der Waals surface area (Å²) in [4.78, 5) is 0. The third kappa shape index (κ3) is 2.89. The van der Waals surface area contributed by atoms with Crippen LogP contribution in [-0.2, 0) is 6.42 Å². The zero-order valence-corrected chi connectivity index (χ0v) is 12.1. The van der Waals surface area contributed by atoms with E-state index < -0.39 is 5.60 Å². The molecule has 1 saturated carbocycles. The molecule has 0 amide bonds. The average molecular weight is 267 g/mol. The Kier molecular flexibility index (Phi) is 4.34. The second-order valence-electron chi connectivity index (χ2n) is 5.97. The molecule has 0 spiro atoms. The van der Waals surface area contributed by atoms with Gasteiger partial charge in [0.25, 0.3) is 0 Å². The molecule has 0 saturated heterocycles. The quantitative estimate of drug-likeness (QED) is 0.856. The van der Waals surface area contributed by atoms with Gasteiger partial charge in [-0.3, -0.25) is 0 Å². The minimum atomic E-state index is -0.572. The maximum absolute atomic E-state index is 11.0. The Bertz CT molecular complexity index is 402. The van der Waals surface area contributed by atoms with Crippen molar-refractivity contribution < 1.29 is 5.11 Å². The Morgan fingerprint density at radius 3 is 2.72 bits per heavy atom. The maximum atomic E-state index is 11.0. The van der Waals surface area contributed by atoms with Gasteiger partial charge < -0.3 is 5.11 Å². The molecule has 100 valence electrons. The van der Waals surface area contributed by atoms with E-state index in [2.05, 4.69) is 13.8 Å². The van der Waals surface area contributed by atoms with E-state index in [9.17, 15) is 5.11 Å². The summed E-state index contributed by atoms with van der Waals surface area (Å²) in [5, 5.41) is 11.8.